The van der Waals surface area contributed by atoms with Crippen LogP contribution in [-0.4, -0.2) is 42.6 Å². The molecule has 0 aromatic heterocycles. The highest BCUT2D eigenvalue weighted by atomic mass is 16.5. The molecule has 0 spiro atoms. The Kier molecular flexibility index (Phi) is 9.49. The van der Waals surface area contributed by atoms with Crippen LogP contribution < -0.4 is 16.4 Å². The number of nitrogens with two attached hydrogens (primary N) is 1. The minimum absolute atomic E-state index is 0.0475. The number of carbonyl (C=O) groups excluding carboxylic acids is 4. The topological polar surface area (TPSA) is 137 Å². The van der Waals surface area contributed by atoms with E-state index in [4.69, 9.17) is 15.2 Å². The number of carbonyl (C=O) groups is 4. The fourth-order valence-corrected chi connectivity index (χ4v) is 2.30. The zero-order valence-corrected chi connectivity index (χ0v) is 16.3. The highest BCUT2D eigenvalue weighted by molar-refractivity contribution is 5.92. The van der Waals surface area contributed by atoms with Gasteiger partial charge in [0, 0.05) is 0 Å². The Morgan fingerprint density at radius 1 is 1.04 bits per heavy atom. The second-order valence-corrected chi connectivity index (χ2v) is 6.40. The van der Waals surface area contributed by atoms with Gasteiger partial charge in [-0.3, -0.25) is 14.4 Å². The maximum absolute atomic E-state index is 12.5. The van der Waals surface area contributed by atoms with Crippen molar-refractivity contribution < 1.29 is 28.7 Å². The summed E-state index contributed by atoms with van der Waals surface area (Å²) in [6.07, 6.45) is -1.17. The molecule has 0 saturated carbocycles. The normalized spacial score (nSPS) is 12.6. The van der Waals surface area contributed by atoms with Crippen LogP contribution in [0.15, 0.2) is 30.3 Å². The van der Waals surface area contributed by atoms with E-state index in [9.17, 15) is 19.2 Å². The number of primary amides is 1. The maximum atomic E-state index is 12.5. The van der Waals surface area contributed by atoms with Crippen molar-refractivity contribution >= 4 is 23.9 Å². The van der Waals surface area contributed by atoms with Gasteiger partial charge in [-0.2, -0.15) is 0 Å². The summed E-state index contributed by atoms with van der Waals surface area (Å²) >= 11 is 0. The second-order valence-electron chi connectivity index (χ2n) is 6.40. The molecule has 3 amide bonds. The van der Waals surface area contributed by atoms with Crippen molar-refractivity contribution in [2.75, 3.05) is 6.61 Å². The maximum Gasteiger partial charge on any atom is 0.408 e. The van der Waals surface area contributed by atoms with E-state index in [1.807, 2.05) is 18.2 Å². The first-order valence-electron chi connectivity index (χ1n) is 8.97. The molecule has 0 bridgehead atoms. The van der Waals surface area contributed by atoms with Gasteiger partial charge >= 0.3 is 12.1 Å². The van der Waals surface area contributed by atoms with Gasteiger partial charge in [0.15, 0.2) is 0 Å². The molecule has 0 aliphatic rings. The first kappa shape index (κ1) is 22.9. The van der Waals surface area contributed by atoms with E-state index < -0.39 is 42.4 Å². The number of hydrogen-bond donors (Lipinski definition) is 3. The van der Waals surface area contributed by atoms with Crippen LogP contribution in [0, 0.1) is 5.92 Å². The third-order valence-corrected chi connectivity index (χ3v) is 3.77. The molecular formula is C19H27N3O6. The Bertz CT molecular complexity index is 678. The molecular weight excluding hydrogens is 366 g/mol. The van der Waals surface area contributed by atoms with E-state index in [-0.39, 0.29) is 19.1 Å². The van der Waals surface area contributed by atoms with Crippen LogP contribution in [0.25, 0.3) is 0 Å². The zero-order valence-electron chi connectivity index (χ0n) is 16.3. The van der Waals surface area contributed by atoms with E-state index >= 15 is 0 Å². The Balaban J connectivity index is 2.66. The number of alkyl carbamates (subject to hydrolysis) is 1. The Labute approximate surface area is 163 Å². The lowest BCUT2D eigenvalue weighted by atomic mass is 10.0. The van der Waals surface area contributed by atoms with Gasteiger partial charge in [-0.25, -0.2) is 4.79 Å². The summed E-state index contributed by atoms with van der Waals surface area (Å²) in [6, 6.07) is 6.85. The van der Waals surface area contributed by atoms with Crippen LogP contribution in [0.5, 0.6) is 0 Å². The molecule has 2 atom stereocenters. The van der Waals surface area contributed by atoms with E-state index in [2.05, 4.69) is 10.6 Å². The average Bonchev–Trinajstić information content (AvgIpc) is 2.64. The average molecular weight is 393 g/mol. The number of esters is 1. The van der Waals surface area contributed by atoms with Crippen LogP contribution in [0.2, 0.25) is 0 Å². The molecule has 0 aliphatic carbocycles. The Morgan fingerprint density at radius 3 is 2.21 bits per heavy atom. The van der Waals surface area contributed by atoms with E-state index in [0.29, 0.717) is 0 Å². The molecule has 154 valence electrons. The standard InChI is InChI=1S/C19H27N3O6/c1-4-27-15(23)10-14(17(20)24)21-18(25)16(12(2)3)22-19(26)28-11-13-8-6-5-7-9-13/h5-9,12,14,16H,4,10-11H2,1-3H3,(H2,20,24)(H,21,25)(H,22,26)/t14-,16+/m1/s1. The third-order valence-electron chi connectivity index (χ3n) is 3.77. The van der Waals surface area contributed by atoms with Gasteiger partial charge in [0.05, 0.1) is 13.0 Å². The first-order valence-corrected chi connectivity index (χ1v) is 8.97. The molecule has 0 radical (unpaired) electrons. The number of nitrogens with one attached hydrogen (secondary N) is 2. The number of rotatable bonds is 10. The molecule has 1 rings (SSSR count). The Hall–Kier alpha value is -3.10. The Morgan fingerprint density at radius 2 is 1.68 bits per heavy atom. The number of amides is 3. The molecule has 0 saturated heterocycles. The lowest BCUT2D eigenvalue weighted by Crippen LogP contribution is -2.55. The summed E-state index contributed by atoms with van der Waals surface area (Å²) in [4.78, 5) is 47.7. The molecule has 9 heteroatoms. The van der Waals surface area contributed by atoms with Crippen molar-refractivity contribution in [2.24, 2.45) is 11.7 Å². The largest absolute Gasteiger partial charge is 0.466 e. The molecule has 0 unspecified atom stereocenters. The van der Waals surface area contributed by atoms with Crippen LogP contribution in [0.1, 0.15) is 32.8 Å². The summed E-state index contributed by atoms with van der Waals surface area (Å²) in [5.41, 5.74) is 6.04. The predicted octanol–water partition coefficient (Wildman–Crippen LogP) is 0.861. The van der Waals surface area contributed by atoms with E-state index in [1.54, 1.807) is 32.9 Å². The van der Waals surface area contributed by atoms with Crippen molar-refractivity contribution in [3.05, 3.63) is 35.9 Å². The summed E-state index contributed by atoms with van der Waals surface area (Å²) in [5, 5.41) is 4.85. The predicted molar refractivity (Wildman–Crippen MR) is 101 cm³/mol. The van der Waals surface area contributed by atoms with Crippen molar-refractivity contribution in [1.82, 2.24) is 10.6 Å². The molecule has 0 fully saturated rings. The van der Waals surface area contributed by atoms with Crippen LogP contribution >= 0.6 is 0 Å². The summed E-state index contributed by atoms with van der Waals surface area (Å²) in [6.45, 7) is 5.24. The molecule has 28 heavy (non-hydrogen) atoms. The van der Waals surface area contributed by atoms with Crippen molar-refractivity contribution in [3.8, 4) is 0 Å². The summed E-state index contributed by atoms with van der Waals surface area (Å²) in [5.74, 6) is -2.50. The minimum atomic E-state index is -1.24. The first-order chi connectivity index (χ1) is 13.2. The molecule has 1 aromatic carbocycles. The quantitative estimate of drug-likeness (QED) is 0.504. The monoisotopic (exact) mass is 393 g/mol. The highest BCUT2D eigenvalue weighted by Crippen LogP contribution is 2.06. The lowest BCUT2D eigenvalue weighted by Gasteiger charge is -2.23. The van der Waals surface area contributed by atoms with Gasteiger partial charge in [-0.15, -0.1) is 0 Å². The van der Waals surface area contributed by atoms with Crippen molar-refractivity contribution in [1.29, 1.82) is 0 Å². The van der Waals surface area contributed by atoms with E-state index in [1.165, 1.54) is 0 Å². The van der Waals surface area contributed by atoms with Gasteiger partial charge in [-0.05, 0) is 18.4 Å². The second kappa shape index (κ2) is 11.6. The summed E-state index contributed by atoms with van der Waals surface area (Å²) in [7, 11) is 0. The molecule has 1 aromatic rings. The highest BCUT2D eigenvalue weighted by Gasteiger charge is 2.29. The molecule has 4 N–H and O–H groups in total. The van der Waals surface area contributed by atoms with Gasteiger partial charge in [0.2, 0.25) is 11.8 Å². The fourth-order valence-electron chi connectivity index (χ4n) is 2.30. The SMILES string of the molecule is CCOC(=O)C[C@@H](NC(=O)[C@@H](NC(=O)OCc1ccccc1)C(C)C)C(N)=O. The van der Waals surface area contributed by atoms with Crippen molar-refractivity contribution in [2.45, 2.75) is 45.9 Å². The van der Waals surface area contributed by atoms with Gasteiger partial charge < -0.3 is 25.8 Å². The molecule has 9 nitrogen and oxygen atoms in total. The number of hydrogen-bond acceptors (Lipinski definition) is 6. The fraction of sp³-hybridized carbons (Fsp3) is 0.474. The zero-order chi connectivity index (χ0) is 21.1. The minimum Gasteiger partial charge on any atom is -0.466 e. The van der Waals surface area contributed by atoms with Crippen molar-refractivity contribution in [3.63, 3.8) is 0 Å². The van der Waals surface area contributed by atoms with Gasteiger partial charge in [0.1, 0.15) is 18.7 Å². The van der Waals surface area contributed by atoms with Gasteiger partial charge in [0.25, 0.3) is 0 Å². The third kappa shape index (κ3) is 8.07. The molecule has 0 aliphatic heterocycles. The van der Waals surface area contributed by atoms with E-state index in [0.717, 1.165) is 5.56 Å². The van der Waals surface area contributed by atoms with Crippen LogP contribution in [0.3, 0.4) is 0 Å². The number of benzene rings is 1. The van der Waals surface area contributed by atoms with Gasteiger partial charge in [-0.1, -0.05) is 44.2 Å². The van der Waals surface area contributed by atoms with Crippen LogP contribution in [-0.2, 0) is 30.5 Å². The lowest BCUT2D eigenvalue weighted by molar-refractivity contribution is -0.145. The summed E-state index contributed by atoms with van der Waals surface area (Å²) < 4.78 is 9.87. The molecule has 0 heterocycles. The smallest absolute Gasteiger partial charge is 0.408 e. The number of ether oxygens (including phenoxy) is 2. The van der Waals surface area contributed by atoms with Crippen LogP contribution in [0.4, 0.5) is 4.79 Å².